The molecule has 0 saturated carbocycles. The summed E-state index contributed by atoms with van der Waals surface area (Å²) in [6.07, 6.45) is 1.74. The van der Waals surface area contributed by atoms with Gasteiger partial charge in [0.2, 0.25) is 5.88 Å². The van der Waals surface area contributed by atoms with Crippen LogP contribution in [0.4, 0.5) is 0 Å². The van der Waals surface area contributed by atoms with Gasteiger partial charge in [0, 0.05) is 17.8 Å². The molecule has 0 amide bonds. The first-order valence-electron chi connectivity index (χ1n) is 5.25. The highest BCUT2D eigenvalue weighted by Gasteiger charge is 2.02. The molecule has 0 aliphatic heterocycles. The molecule has 0 atom stereocenters. The molecule has 0 aliphatic carbocycles. The van der Waals surface area contributed by atoms with E-state index in [1.165, 1.54) is 0 Å². The number of methoxy groups -OCH3 is 1. The van der Waals surface area contributed by atoms with Gasteiger partial charge < -0.3 is 4.74 Å². The minimum atomic E-state index is 0.585. The molecule has 0 fully saturated rings. The normalized spacial score (nSPS) is 9.71. The molecule has 3 nitrogen and oxygen atoms in total. The molecule has 0 N–H and O–H groups in total. The van der Waals surface area contributed by atoms with Crippen molar-refractivity contribution in [3.63, 3.8) is 0 Å². The van der Waals surface area contributed by atoms with E-state index in [1.54, 1.807) is 13.3 Å². The Bertz CT molecular complexity index is 568. The number of pyridine rings is 1. The van der Waals surface area contributed by atoms with E-state index < -0.39 is 0 Å². The molecule has 0 aliphatic rings. The average Bonchev–Trinajstić information content (AvgIpc) is 2.38. The minimum absolute atomic E-state index is 0.585. The molecule has 2 rings (SSSR count). The number of aryl methyl sites for hydroxylation is 1. The summed E-state index contributed by atoms with van der Waals surface area (Å²) >= 11 is 0. The van der Waals surface area contributed by atoms with E-state index in [9.17, 15) is 0 Å². The van der Waals surface area contributed by atoms with Crippen LogP contribution < -0.4 is 4.74 Å². The monoisotopic (exact) mass is 224 g/mol. The number of rotatable bonds is 2. The molecule has 3 heteroatoms. The third-order valence-electron chi connectivity index (χ3n) is 2.49. The van der Waals surface area contributed by atoms with Crippen LogP contribution >= 0.6 is 0 Å². The molecule has 0 unspecified atom stereocenters. The van der Waals surface area contributed by atoms with E-state index in [0.29, 0.717) is 11.4 Å². The molecule has 0 saturated heterocycles. The fourth-order valence-electron chi connectivity index (χ4n) is 1.69. The summed E-state index contributed by atoms with van der Waals surface area (Å²) in [4.78, 5) is 4.15. The lowest BCUT2D eigenvalue weighted by atomic mass is 10.0. The Kier molecular flexibility index (Phi) is 3.06. The van der Waals surface area contributed by atoms with Crippen LogP contribution in [-0.4, -0.2) is 12.1 Å². The Balaban J connectivity index is 2.45. The Morgan fingerprint density at radius 2 is 2.00 bits per heavy atom. The summed E-state index contributed by atoms with van der Waals surface area (Å²) < 4.78 is 5.01. The van der Waals surface area contributed by atoms with Gasteiger partial charge in [-0.05, 0) is 36.2 Å². The predicted octanol–water partition coefficient (Wildman–Crippen LogP) is 2.94. The van der Waals surface area contributed by atoms with E-state index in [1.807, 2.05) is 37.3 Å². The van der Waals surface area contributed by atoms with Crippen molar-refractivity contribution in [2.45, 2.75) is 6.92 Å². The molecule has 1 heterocycles. The minimum Gasteiger partial charge on any atom is -0.481 e. The first-order chi connectivity index (χ1) is 8.22. The van der Waals surface area contributed by atoms with Gasteiger partial charge in [-0.25, -0.2) is 4.98 Å². The fraction of sp³-hybridized carbons (Fsp3) is 0.143. The lowest BCUT2D eigenvalue weighted by Gasteiger charge is -2.04. The van der Waals surface area contributed by atoms with Crippen LogP contribution in [0.15, 0.2) is 36.5 Å². The highest BCUT2D eigenvalue weighted by Crippen LogP contribution is 2.22. The molecular weight excluding hydrogens is 212 g/mol. The van der Waals surface area contributed by atoms with Gasteiger partial charge in [0.25, 0.3) is 0 Å². The predicted molar refractivity (Wildman–Crippen MR) is 65.7 cm³/mol. The second-order valence-electron chi connectivity index (χ2n) is 3.79. The van der Waals surface area contributed by atoms with Crippen molar-refractivity contribution in [3.05, 3.63) is 47.7 Å². The zero-order valence-electron chi connectivity index (χ0n) is 9.77. The quantitative estimate of drug-likeness (QED) is 0.787. The largest absolute Gasteiger partial charge is 0.481 e. The first kappa shape index (κ1) is 11.2. The Morgan fingerprint density at radius 1 is 1.18 bits per heavy atom. The molecule has 0 bridgehead atoms. The van der Waals surface area contributed by atoms with Gasteiger partial charge in [-0.1, -0.05) is 6.07 Å². The van der Waals surface area contributed by atoms with Crippen molar-refractivity contribution in [1.82, 2.24) is 4.98 Å². The van der Waals surface area contributed by atoms with Crippen molar-refractivity contribution in [2.24, 2.45) is 0 Å². The summed E-state index contributed by atoms with van der Waals surface area (Å²) in [7, 11) is 1.59. The molecule has 1 aromatic heterocycles. The summed E-state index contributed by atoms with van der Waals surface area (Å²) in [6.45, 7) is 1.97. The highest BCUT2D eigenvalue weighted by atomic mass is 16.5. The summed E-state index contributed by atoms with van der Waals surface area (Å²) in [6, 6.07) is 11.6. The smallest absolute Gasteiger partial charge is 0.212 e. The Morgan fingerprint density at radius 3 is 2.59 bits per heavy atom. The number of ether oxygens (including phenoxy) is 1. The lowest BCUT2D eigenvalue weighted by molar-refractivity contribution is 0.398. The Labute approximate surface area is 100 Å². The number of aromatic nitrogens is 1. The third-order valence-corrected chi connectivity index (χ3v) is 2.49. The maximum absolute atomic E-state index is 8.93. The SMILES string of the molecule is COc1ccc(-c2cc(C)cc(C#N)c2)cn1. The van der Waals surface area contributed by atoms with Gasteiger partial charge in [0.05, 0.1) is 18.7 Å². The van der Waals surface area contributed by atoms with Gasteiger partial charge in [-0.15, -0.1) is 0 Å². The second kappa shape index (κ2) is 4.67. The Hall–Kier alpha value is -2.34. The van der Waals surface area contributed by atoms with E-state index >= 15 is 0 Å². The zero-order valence-corrected chi connectivity index (χ0v) is 9.77. The second-order valence-corrected chi connectivity index (χ2v) is 3.79. The zero-order chi connectivity index (χ0) is 12.3. The maximum Gasteiger partial charge on any atom is 0.212 e. The van der Waals surface area contributed by atoms with E-state index in [2.05, 4.69) is 11.1 Å². The summed E-state index contributed by atoms with van der Waals surface area (Å²) in [5.41, 5.74) is 3.70. The number of benzene rings is 1. The standard InChI is InChI=1S/C14H12N2O/c1-10-5-11(8-15)7-13(6-10)12-3-4-14(17-2)16-9-12/h3-7,9H,1-2H3. The molecule has 2 aromatic rings. The molecular formula is C14H12N2O. The van der Waals surface area contributed by atoms with Crippen molar-refractivity contribution in [1.29, 1.82) is 5.26 Å². The van der Waals surface area contributed by atoms with Crippen molar-refractivity contribution in [2.75, 3.05) is 7.11 Å². The topological polar surface area (TPSA) is 45.9 Å². The van der Waals surface area contributed by atoms with Gasteiger partial charge in [0.15, 0.2) is 0 Å². The molecule has 17 heavy (non-hydrogen) atoms. The van der Waals surface area contributed by atoms with Crippen LogP contribution in [0.2, 0.25) is 0 Å². The van der Waals surface area contributed by atoms with Gasteiger partial charge in [-0.2, -0.15) is 5.26 Å². The molecule has 84 valence electrons. The lowest BCUT2D eigenvalue weighted by Crippen LogP contribution is -1.88. The van der Waals surface area contributed by atoms with E-state index in [-0.39, 0.29) is 0 Å². The molecule has 0 radical (unpaired) electrons. The number of hydrogen-bond acceptors (Lipinski definition) is 3. The van der Waals surface area contributed by atoms with Crippen molar-refractivity contribution < 1.29 is 4.74 Å². The molecule has 1 aromatic carbocycles. The van der Waals surface area contributed by atoms with Gasteiger partial charge in [0.1, 0.15) is 0 Å². The number of nitriles is 1. The van der Waals surface area contributed by atoms with E-state index in [0.717, 1.165) is 16.7 Å². The number of nitrogens with zero attached hydrogens (tertiary/aromatic N) is 2. The van der Waals surface area contributed by atoms with Gasteiger partial charge in [-0.3, -0.25) is 0 Å². The van der Waals surface area contributed by atoms with Crippen LogP contribution in [0.1, 0.15) is 11.1 Å². The van der Waals surface area contributed by atoms with Gasteiger partial charge >= 0.3 is 0 Å². The highest BCUT2D eigenvalue weighted by molar-refractivity contribution is 5.65. The fourth-order valence-corrected chi connectivity index (χ4v) is 1.69. The van der Waals surface area contributed by atoms with Crippen LogP contribution in [-0.2, 0) is 0 Å². The van der Waals surface area contributed by atoms with E-state index in [4.69, 9.17) is 10.00 Å². The van der Waals surface area contributed by atoms with Crippen LogP contribution in [0, 0.1) is 18.3 Å². The van der Waals surface area contributed by atoms with Crippen LogP contribution in [0.3, 0.4) is 0 Å². The van der Waals surface area contributed by atoms with Crippen LogP contribution in [0.5, 0.6) is 5.88 Å². The van der Waals surface area contributed by atoms with Crippen molar-refractivity contribution >= 4 is 0 Å². The van der Waals surface area contributed by atoms with Crippen LogP contribution in [0.25, 0.3) is 11.1 Å². The number of hydrogen-bond donors (Lipinski definition) is 0. The maximum atomic E-state index is 8.93. The third kappa shape index (κ3) is 2.43. The first-order valence-corrected chi connectivity index (χ1v) is 5.25. The molecule has 0 spiro atoms. The van der Waals surface area contributed by atoms with Crippen molar-refractivity contribution in [3.8, 4) is 23.1 Å². The summed E-state index contributed by atoms with van der Waals surface area (Å²) in [5.74, 6) is 0.585. The average molecular weight is 224 g/mol. The summed E-state index contributed by atoms with van der Waals surface area (Å²) in [5, 5.41) is 8.93.